The average molecular weight is 262 g/mol. The van der Waals surface area contributed by atoms with Gasteiger partial charge in [-0.15, -0.1) is 0 Å². The van der Waals surface area contributed by atoms with Crippen LogP contribution in [0.25, 0.3) is 0 Å². The zero-order valence-electron chi connectivity index (χ0n) is 10.9. The number of carbonyl (C=O) groups excluding carboxylic acids is 2. The number of nitrogens with one attached hydrogen (secondary N) is 2. The van der Waals surface area contributed by atoms with Gasteiger partial charge in [-0.1, -0.05) is 17.7 Å². The zero-order valence-corrected chi connectivity index (χ0v) is 10.9. The maximum absolute atomic E-state index is 11.6. The predicted molar refractivity (Wildman–Crippen MR) is 70.8 cm³/mol. The Kier molecular flexibility index (Phi) is 4.39. The fraction of sp³-hybridized carbons (Fsp3) is 0.429. The summed E-state index contributed by atoms with van der Waals surface area (Å²) in [7, 11) is 0. The number of rotatable bonds is 5. The molecule has 1 aromatic rings. The van der Waals surface area contributed by atoms with Crippen LogP contribution in [0.2, 0.25) is 0 Å². The summed E-state index contributed by atoms with van der Waals surface area (Å²) in [4.78, 5) is 22.6. The second-order valence-electron chi connectivity index (χ2n) is 4.71. The highest BCUT2D eigenvalue weighted by molar-refractivity contribution is 5.79. The molecule has 1 fully saturated rings. The number of ether oxygens (including phenoxy) is 1. The van der Waals surface area contributed by atoms with Crippen molar-refractivity contribution in [3.63, 3.8) is 0 Å². The van der Waals surface area contributed by atoms with E-state index in [0.717, 1.165) is 12.0 Å². The standard InChI is InChI=1S/C14H18N2O3/c1-10-2-5-12(6-3-10)19-9-14(18)15-8-11-4-7-13(17)16-11/h2-3,5-6,11H,4,7-9H2,1H3,(H,15,18)(H,16,17). The molecule has 5 nitrogen and oxygen atoms in total. The molecule has 2 N–H and O–H groups in total. The van der Waals surface area contributed by atoms with Gasteiger partial charge in [-0.3, -0.25) is 9.59 Å². The molecule has 0 aliphatic carbocycles. The van der Waals surface area contributed by atoms with Crippen molar-refractivity contribution in [1.29, 1.82) is 0 Å². The predicted octanol–water partition coefficient (Wildman–Crippen LogP) is 0.769. The molecule has 0 radical (unpaired) electrons. The van der Waals surface area contributed by atoms with Gasteiger partial charge in [0.2, 0.25) is 5.91 Å². The van der Waals surface area contributed by atoms with Gasteiger partial charge in [0.05, 0.1) is 0 Å². The van der Waals surface area contributed by atoms with Gasteiger partial charge in [0.15, 0.2) is 6.61 Å². The van der Waals surface area contributed by atoms with Gasteiger partial charge in [-0.2, -0.15) is 0 Å². The third kappa shape index (κ3) is 4.28. The number of carbonyl (C=O) groups is 2. The van der Waals surface area contributed by atoms with Gasteiger partial charge in [-0.25, -0.2) is 0 Å². The zero-order chi connectivity index (χ0) is 13.7. The van der Waals surface area contributed by atoms with Crippen molar-refractivity contribution in [1.82, 2.24) is 10.6 Å². The summed E-state index contributed by atoms with van der Waals surface area (Å²) in [5.41, 5.74) is 1.15. The lowest BCUT2D eigenvalue weighted by molar-refractivity contribution is -0.123. The first kappa shape index (κ1) is 13.4. The Labute approximate surface area is 112 Å². The minimum absolute atomic E-state index is 0.0102. The van der Waals surface area contributed by atoms with Crippen molar-refractivity contribution in [3.05, 3.63) is 29.8 Å². The first-order valence-corrected chi connectivity index (χ1v) is 6.39. The number of amides is 2. The van der Waals surface area contributed by atoms with Gasteiger partial charge < -0.3 is 15.4 Å². The van der Waals surface area contributed by atoms with E-state index < -0.39 is 0 Å². The van der Waals surface area contributed by atoms with Crippen molar-refractivity contribution in [2.24, 2.45) is 0 Å². The summed E-state index contributed by atoms with van der Waals surface area (Å²) in [6.45, 7) is 2.44. The van der Waals surface area contributed by atoms with Crippen LogP contribution in [-0.4, -0.2) is 31.0 Å². The fourth-order valence-corrected chi connectivity index (χ4v) is 1.90. The van der Waals surface area contributed by atoms with Gasteiger partial charge >= 0.3 is 0 Å². The molecule has 19 heavy (non-hydrogen) atoms. The summed E-state index contributed by atoms with van der Waals surface area (Å²) < 4.78 is 5.36. The lowest BCUT2D eigenvalue weighted by Crippen LogP contribution is -2.40. The van der Waals surface area contributed by atoms with E-state index >= 15 is 0 Å². The Balaban J connectivity index is 1.67. The van der Waals surface area contributed by atoms with Crippen LogP contribution in [-0.2, 0) is 9.59 Å². The summed E-state index contributed by atoms with van der Waals surface area (Å²) in [6, 6.07) is 7.58. The second kappa shape index (κ2) is 6.22. The molecule has 1 unspecified atom stereocenters. The van der Waals surface area contributed by atoms with Crippen LogP contribution >= 0.6 is 0 Å². The van der Waals surface area contributed by atoms with Crippen LogP contribution < -0.4 is 15.4 Å². The number of hydrogen-bond acceptors (Lipinski definition) is 3. The van der Waals surface area contributed by atoms with Crippen molar-refractivity contribution < 1.29 is 14.3 Å². The molecule has 0 spiro atoms. The van der Waals surface area contributed by atoms with E-state index in [1.165, 1.54) is 0 Å². The quantitative estimate of drug-likeness (QED) is 0.823. The highest BCUT2D eigenvalue weighted by Crippen LogP contribution is 2.11. The molecule has 1 aromatic carbocycles. The number of aryl methyl sites for hydroxylation is 1. The summed E-state index contributed by atoms with van der Waals surface area (Å²) in [5.74, 6) is 0.548. The smallest absolute Gasteiger partial charge is 0.258 e. The van der Waals surface area contributed by atoms with Crippen LogP contribution in [0.4, 0.5) is 0 Å². The Morgan fingerprint density at radius 1 is 1.42 bits per heavy atom. The largest absolute Gasteiger partial charge is 0.484 e. The Morgan fingerprint density at radius 3 is 2.79 bits per heavy atom. The first-order chi connectivity index (χ1) is 9.13. The molecule has 1 heterocycles. The number of hydrogen-bond donors (Lipinski definition) is 2. The lowest BCUT2D eigenvalue weighted by atomic mass is 10.2. The molecular weight excluding hydrogens is 244 g/mol. The summed E-state index contributed by atoms with van der Waals surface area (Å²) in [5, 5.41) is 5.54. The molecule has 1 aliphatic heterocycles. The fourth-order valence-electron chi connectivity index (χ4n) is 1.90. The highest BCUT2D eigenvalue weighted by atomic mass is 16.5. The second-order valence-corrected chi connectivity index (χ2v) is 4.71. The summed E-state index contributed by atoms with van der Waals surface area (Å²) in [6.07, 6.45) is 1.32. The van der Waals surface area contributed by atoms with Crippen molar-refractivity contribution in [2.45, 2.75) is 25.8 Å². The van der Waals surface area contributed by atoms with E-state index in [4.69, 9.17) is 4.74 Å². The van der Waals surface area contributed by atoms with E-state index in [1.807, 2.05) is 31.2 Å². The van der Waals surface area contributed by atoms with Crippen molar-refractivity contribution in [3.8, 4) is 5.75 Å². The van der Waals surface area contributed by atoms with Crippen LogP contribution in [0.15, 0.2) is 24.3 Å². The Bertz CT molecular complexity index is 456. The SMILES string of the molecule is Cc1ccc(OCC(=O)NCC2CCC(=O)N2)cc1. The topological polar surface area (TPSA) is 67.4 Å². The molecule has 102 valence electrons. The molecule has 0 bridgehead atoms. The molecule has 1 atom stereocenters. The molecule has 1 aliphatic rings. The van der Waals surface area contributed by atoms with Crippen LogP contribution in [0.5, 0.6) is 5.75 Å². The average Bonchev–Trinajstić information content (AvgIpc) is 2.81. The monoisotopic (exact) mass is 262 g/mol. The summed E-state index contributed by atoms with van der Waals surface area (Å²) >= 11 is 0. The number of benzene rings is 1. The molecule has 2 rings (SSSR count). The molecular formula is C14H18N2O3. The maximum atomic E-state index is 11.6. The first-order valence-electron chi connectivity index (χ1n) is 6.39. The van der Waals surface area contributed by atoms with E-state index in [2.05, 4.69) is 10.6 Å². The Morgan fingerprint density at radius 2 is 2.16 bits per heavy atom. The van der Waals surface area contributed by atoms with Crippen LogP contribution in [0, 0.1) is 6.92 Å². The Hall–Kier alpha value is -2.04. The van der Waals surface area contributed by atoms with Gasteiger partial charge in [0.25, 0.3) is 5.91 Å². The van der Waals surface area contributed by atoms with E-state index in [-0.39, 0.29) is 24.5 Å². The molecule has 2 amide bonds. The molecule has 1 saturated heterocycles. The normalized spacial score (nSPS) is 17.9. The van der Waals surface area contributed by atoms with E-state index in [0.29, 0.717) is 18.7 Å². The minimum atomic E-state index is -0.179. The molecule has 0 aromatic heterocycles. The van der Waals surface area contributed by atoms with E-state index in [1.54, 1.807) is 0 Å². The van der Waals surface area contributed by atoms with Crippen molar-refractivity contribution >= 4 is 11.8 Å². The highest BCUT2D eigenvalue weighted by Gasteiger charge is 2.20. The van der Waals surface area contributed by atoms with Crippen molar-refractivity contribution in [2.75, 3.05) is 13.2 Å². The minimum Gasteiger partial charge on any atom is -0.484 e. The molecule has 5 heteroatoms. The van der Waals surface area contributed by atoms with Gasteiger partial charge in [-0.05, 0) is 25.5 Å². The van der Waals surface area contributed by atoms with E-state index in [9.17, 15) is 9.59 Å². The lowest BCUT2D eigenvalue weighted by Gasteiger charge is -2.11. The molecule has 0 saturated carbocycles. The van der Waals surface area contributed by atoms with Gasteiger partial charge in [0, 0.05) is 19.0 Å². The maximum Gasteiger partial charge on any atom is 0.258 e. The van der Waals surface area contributed by atoms with Crippen LogP contribution in [0.1, 0.15) is 18.4 Å². The third-order valence-corrected chi connectivity index (χ3v) is 3.02. The van der Waals surface area contributed by atoms with Gasteiger partial charge in [0.1, 0.15) is 5.75 Å². The van der Waals surface area contributed by atoms with Crippen LogP contribution in [0.3, 0.4) is 0 Å². The third-order valence-electron chi connectivity index (χ3n) is 3.02.